The van der Waals surface area contributed by atoms with Crippen LogP contribution in [-0.4, -0.2) is 37.6 Å². The first kappa shape index (κ1) is 16.0. The van der Waals surface area contributed by atoms with Gasteiger partial charge in [-0.05, 0) is 24.5 Å². The lowest BCUT2D eigenvalue weighted by molar-refractivity contribution is -0.0941. The van der Waals surface area contributed by atoms with Crippen molar-refractivity contribution in [2.75, 3.05) is 20.2 Å². The molecule has 1 aliphatic rings. The molecule has 0 fully saturated rings. The van der Waals surface area contributed by atoms with E-state index in [1.807, 2.05) is 43.3 Å². The first-order valence-corrected chi connectivity index (χ1v) is 7.23. The van der Waals surface area contributed by atoms with Crippen LogP contribution in [0.3, 0.4) is 0 Å². The van der Waals surface area contributed by atoms with E-state index in [0.29, 0.717) is 13.1 Å². The average molecular weight is 303 g/mol. The molecule has 118 valence electrons. The molecule has 0 spiro atoms. The van der Waals surface area contributed by atoms with Crippen LogP contribution in [0.4, 0.5) is 4.79 Å². The Hall–Kier alpha value is -2.34. The second-order valence-corrected chi connectivity index (χ2v) is 5.00. The van der Waals surface area contributed by atoms with Crippen molar-refractivity contribution in [3.05, 3.63) is 47.5 Å². The second kappa shape index (κ2) is 8.19. The number of hydrogen-bond acceptors (Lipinski definition) is 5. The van der Waals surface area contributed by atoms with Crippen molar-refractivity contribution in [1.29, 1.82) is 0 Å². The molecular weight excluding hydrogens is 282 g/mol. The maximum absolute atomic E-state index is 12.0. The van der Waals surface area contributed by atoms with Gasteiger partial charge in [0.05, 0.1) is 18.8 Å². The van der Waals surface area contributed by atoms with E-state index >= 15 is 0 Å². The Bertz CT molecular complexity index is 543. The van der Waals surface area contributed by atoms with E-state index in [9.17, 15) is 4.79 Å². The lowest BCUT2D eigenvalue weighted by Gasteiger charge is -2.25. The van der Waals surface area contributed by atoms with E-state index in [1.54, 1.807) is 11.3 Å². The number of hydroxylamine groups is 2. The molecule has 0 aromatic heterocycles. The van der Waals surface area contributed by atoms with Gasteiger partial charge in [-0.25, -0.2) is 4.79 Å². The lowest BCUT2D eigenvalue weighted by atomic mass is 10.1. The van der Waals surface area contributed by atoms with Crippen molar-refractivity contribution >= 4 is 12.3 Å². The number of rotatable bonds is 5. The highest BCUT2D eigenvalue weighted by Crippen LogP contribution is 2.13. The van der Waals surface area contributed by atoms with E-state index in [-0.39, 0.29) is 6.04 Å². The maximum atomic E-state index is 12.0. The summed E-state index contributed by atoms with van der Waals surface area (Å²) in [6, 6.07) is 9.65. The molecule has 1 aromatic carbocycles. The highest BCUT2D eigenvalue weighted by atomic mass is 16.7. The van der Waals surface area contributed by atoms with Crippen LogP contribution in [0.15, 0.2) is 47.1 Å². The third-order valence-corrected chi connectivity index (χ3v) is 3.31. The number of carbonyl (C=O) groups is 1. The van der Waals surface area contributed by atoms with Crippen molar-refractivity contribution in [2.24, 2.45) is 5.16 Å². The van der Waals surface area contributed by atoms with Gasteiger partial charge in [-0.3, -0.25) is 0 Å². The molecule has 0 radical (unpaired) electrons. The van der Waals surface area contributed by atoms with Crippen molar-refractivity contribution in [3.8, 4) is 0 Å². The van der Waals surface area contributed by atoms with Crippen LogP contribution in [0.5, 0.6) is 0 Å². The Kier molecular flexibility index (Phi) is 5.97. The Labute approximate surface area is 130 Å². The molecule has 0 aliphatic carbocycles. The summed E-state index contributed by atoms with van der Waals surface area (Å²) in [7, 11) is 1.49. The van der Waals surface area contributed by atoms with E-state index in [2.05, 4.69) is 15.3 Å². The molecule has 0 saturated carbocycles. The summed E-state index contributed by atoms with van der Waals surface area (Å²) in [6.45, 7) is 3.08. The fourth-order valence-corrected chi connectivity index (χ4v) is 2.18. The van der Waals surface area contributed by atoms with Crippen molar-refractivity contribution in [2.45, 2.75) is 19.4 Å². The van der Waals surface area contributed by atoms with Crippen LogP contribution >= 0.6 is 0 Å². The van der Waals surface area contributed by atoms with Crippen LogP contribution in [0.25, 0.3) is 0 Å². The van der Waals surface area contributed by atoms with Crippen molar-refractivity contribution in [3.63, 3.8) is 0 Å². The molecule has 22 heavy (non-hydrogen) atoms. The highest BCUT2D eigenvalue weighted by molar-refractivity contribution is 5.78. The Balaban J connectivity index is 1.82. The van der Waals surface area contributed by atoms with Gasteiger partial charge in [0.15, 0.2) is 0 Å². The summed E-state index contributed by atoms with van der Waals surface area (Å²) < 4.78 is 0. The minimum Gasteiger partial charge on any atom is -0.399 e. The zero-order valence-corrected chi connectivity index (χ0v) is 12.9. The molecule has 0 saturated heterocycles. The Morgan fingerprint density at radius 3 is 2.91 bits per heavy atom. The van der Waals surface area contributed by atoms with Crippen LogP contribution in [0.2, 0.25) is 0 Å². The molecule has 0 unspecified atom stereocenters. The first-order valence-electron chi connectivity index (χ1n) is 7.23. The zero-order valence-electron chi connectivity index (χ0n) is 12.9. The number of hydrogen-bond donors (Lipinski definition) is 1. The molecule has 1 heterocycles. The van der Waals surface area contributed by atoms with E-state index in [0.717, 1.165) is 17.6 Å². The molecule has 6 heteroatoms. The van der Waals surface area contributed by atoms with Gasteiger partial charge in [0.1, 0.15) is 7.11 Å². The summed E-state index contributed by atoms with van der Waals surface area (Å²) in [4.78, 5) is 21.9. The summed E-state index contributed by atoms with van der Waals surface area (Å²) in [5.74, 6) is 0. The molecule has 0 bridgehead atoms. The number of carbonyl (C=O) groups excluding carboxylic acids is 1. The normalized spacial score (nSPS) is 16.9. The third-order valence-electron chi connectivity index (χ3n) is 3.31. The molecule has 1 amide bonds. The topological polar surface area (TPSA) is 63.2 Å². The summed E-state index contributed by atoms with van der Waals surface area (Å²) in [6.07, 6.45) is 4.01. The molecule has 2 rings (SSSR count). The number of nitrogens with one attached hydrogen (secondary N) is 1. The van der Waals surface area contributed by atoms with E-state index in [1.165, 1.54) is 7.11 Å². The molecule has 1 aromatic rings. The van der Waals surface area contributed by atoms with Gasteiger partial charge in [0.2, 0.25) is 0 Å². The van der Waals surface area contributed by atoms with Gasteiger partial charge in [-0.1, -0.05) is 41.6 Å². The predicted molar refractivity (Wildman–Crippen MR) is 84.2 cm³/mol. The average Bonchev–Trinajstić information content (AvgIpc) is 2.54. The van der Waals surface area contributed by atoms with Crippen LogP contribution < -0.4 is 5.32 Å². The highest BCUT2D eigenvalue weighted by Gasteiger charge is 2.18. The maximum Gasteiger partial charge on any atom is 0.426 e. The Morgan fingerprint density at radius 1 is 1.41 bits per heavy atom. The summed E-state index contributed by atoms with van der Waals surface area (Å²) in [5.41, 5.74) is 1.99. The third kappa shape index (κ3) is 4.89. The van der Waals surface area contributed by atoms with Gasteiger partial charge in [0, 0.05) is 6.54 Å². The van der Waals surface area contributed by atoms with Crippen molar-refractivity contribution < 1.29 is 14.5 Å². The van der Waals surface area contributed by atoms with Gasteiger partial charge < -0.3 is 15.0 Å². The molecule has 1 atom stereocenters. The Morgan fingerprint density at radius 2 is 2.18 bits per heavy atom. The summed E-state index contributed by atoms with van der Waals surface area (Å²) in [5, 5.41) is 8.16. The quantitative estimate of drug-likeness (QED) is 0.671. The molecule has 1 N–H and O–H groups in total. The van der Waals surface area contributed by atoms with E-state index in [4.69, 9.17) is 4.84 Å². The zero-order chi connectivity index (χ0) is 15.8. The fourth-order valence-electron chi connectivity index (χ4n) is 2.18. The van der Waals surface area contributed by atoms with Crippen LogP contribution in [0.1, 0.15) is 24.9 Å². The van der Waals surface area contributed by atoms with Gasteiger partial charge in [-0.2, -0.15) is 0 Å². The smallest absolute Gasteiger partial charge is 0.399 e. The molecule has 1 aliphatic heterocycles. The minimum atomic E-state index is -0.457. The van der Waals surface area contributed by atoms with Gasteiger partial charge >= 0.3 is 6.09 Å². The fraction of sp³-hybridized carbons (Fsp3) is 0.375. The van der Waals surface area contributed by atoms with Crippen LogP contribution in [-0.2, 0) is 9.68 Å². The number of oxime groups is 1. The minimum absolute atomic E-state index is 0.108. The summed E-state index contributed by atoms with van der Waals surface area (Å²) >= 11 is 0. The molecular formula is C16H21N3O3. The standard InChI is InChI=1S/C16H21N3O3/c1-13(15-8-4-3-5-9-15)18-16(20)22-19-10-6-7-14(12-19)11-17-21-2/h3-5,7-9,11,13H,6,10,12H2,1-2H3,(H,18,20)/b17-11+/t13-/m0/s1. The van der Waals surface area contributed by atoms with E-state index < -0.39 is 6.09 Å². The largest absolute Gasteiger partial charge is 0.426 e. The number of nitrogens with zero attached hydrogens (tertiary/aromatic N) is 2. The molecule has 6 nitrogen and oxygen atoms in total. The SMILES string of the molecule is CO/N=C/C1=CCCN(OC(=O)N[C@@H](C)c2ccccc2)C1. The first-order chi connectivity index (χ1) is 10.7. The lowest BCUT2D eigenvalue weighted by Crippen LogP contribution is -2.38. The van der Waals surface area contributed by atoms with Crippen LogP contribution in [0, 0.1) is 0 Å². The van der Waals surface area contributed by atoms with Crippen molar-refractivity contribution in [1.82, 2.24) is 10.4 Å². The van der Waals surface area contributed by atoms with Gasteiger partial charge in [-0.15, -0.1) is 5.06 Å². The number of benzene rings is 1. The predicted octanol–water partition coefficient (Wildman–Crippen LogP) is 2.65. The second-order valence-electron chi connectivity index (χ2n) is 5.00. The number of amides is 1. The van der Waals surface area contributed by atoms with Gasteiger partial charge in [0.25, 0.3) is 0 Å². The monoisotopic (exact) mass is 303 g/mol.